The number of nitrogens with zero attached hydrogens (tertiary/aromatic N) is 2. The van der Waals surface area contributed by atoms with Crippen LogP contribution in [-0.2, 0) is 6.42 Å². The van der Waals surface area contributed by atoms with Gasteiger partial charge in [0.15, 0.2) is 0 Å². The summed E-state index contributed by atoms with van der Waals surface area (Å²) in [5.74, 6) is -0.218. The molecule has 3 N–H and O–H groups in total. The molecule has 1 aliphatic heterocycles. The Labute approximate surface area is 179 Å². The number of hydrogen-bond acceptors (Lipinski definition) is 3. The predicted molar refractivity (Wildman–Crippen MR) is 119 cm³/mol. The molecule has 2 heterocycles. The second kappa shape index (κ2) is 8.66. The van der Waals surface area contributed by atoms with Crippen molar-refractivity contribution in [3.63, 3.8) is 0 Å². The van der Waals surface area contributed by atoms with Gasteiger partial charge >= 0.3 is 5.69 Å². The van der Waals surface area contributed by atoms with E-state index in [0.29, 0.717) is 23.4 Å². The van der Waals surface area contributed by atoms with E-state index in [0.717, 1.165) is 42.7 Å². The van der Waals surface area contributed by atoms with Crippen LogP contribution in [0.2, 0.25) is 5.02 Å². The number of hydrogen-bond donors (Lipinski definition) is 2. The lowest BCUT2D eigenvalue weighted by Crippen LogP contribution is -2.38. The van der Waals surface area contributed by atoms with Crippen molar-refractivity contribution in [3.05, 3.63) is 81.6 Å². The van der Waals surface area contributed by atoms with Crippen molar-refractivity contribution < 1.29 is 4.39 Å². The molecular formula is C23H26ClFN4O. The Morgan fingerprint density at radius 2 is 2.00 bits per heavy atom. The number of H-pyrrole nitrogens is 1. The highest BCUT2D eigenvalue weighted by Gasteiger charge is 2.25. The van der Waals surface area contributed by atoms with Crippen molar-refractivity contribution in [1.29, 1.82) is 0 Å². The van der Waals surface area contributed by atoms with Gasteiger partial charge in [0.2, 0.25) is 0 Å². The second-order valence-electron chi connectivity index (χ2n) is 8.01. The van der Waals surface area contributed by atoms with Gasteiger partial charge in [0.1, 0.15) is 5.82 Å². The molecule has 2 aromatic carbocycles. The van der Waals surface area contributed by atoms with Crippen LogP contribution in [0.1, 0.15) is 30.9 Å². The van der Waals surface area contributed by atoms with Gasteiger partial charge in [-0.1, -0.05) is 36.4 Å². The van der Waals surface area contributed by atoms with E-state index in [1.165, 1.54) is 6.07 Å². The summed E-state index contributed by atoms with van der Waals surface area (Å²) in [7, 11) is 0. The lowest BCUT2D eigenvalue weighted by molar-refractivity contribution is 0.221. The van der Waals surface area contributed by atoms with E-state index in [1.54, 1.807) is 18.2 Å². The predicted octanol–water partition coefficient (Wildman–Crippen LogP) is 4.23. The van der Waals surface area contributed by atoms with E-state index < -0.39 is 0 Å². The number of halogens is 2. The van der Waals surface area contributed by atoms with Gasteiger partial charge < -0.3 is 15.6 Å². The first-order valence-electron chi connectivity index (χ1n) is 10.2. The lowest BCUT2D eigenvalue weighted by atomic mass is 9.99. The fourth-order valence-corrected chi connectivity index (χ4v) is 4.53. The van der Waals surface area contributed by atoms with Crippen LogP contribution in [0.4, 0.5) is 4.39 Å². The van der Waals surface area contributed by atoms with Gasteiger partial charge in [0.05, 0.1) is 11.0 Å². The van der Waals surface area contributed by atoms with Crippen LogP contribution in [0.3, 0.4) is 0 Å². The minimum absolute atomic E-state index is 0.101. The van der Waals surface area contributed by atoms with E-state index in [-0.39, 0.29) is 23.6 Å². The topological polar surface area (TPSA) is 67.0 Å². The zero-order chi connectivity index (χ0) is 21.3. The van der Waals surface area contributed by atoms with Crippen LogP contribution >= 0.6 is 11.6 Å². The summed E-state index contributed by atoms with van der Waals surface area (Å²) in [4.78, 5) is 17.6. The number of benzene rings is 2. The number of aromatic amines is 1. The summed E-state index contributed by atoms with van der Waals surface area (Å²) in [5, 5.41) is 0.605. The Balaban J connectivity index is 1.36. The highest BCUT2D eigenvalue weighted by Crippen LogP contribution is 2.28. The van der Waals surface area contributed by atoms with Crippen molar-refractivity contribution in [2.75, 3.05) is 13.1 Å². The van der Waals surface area contributed by atoms with Crippen molar-refractivity contribution >= 4 is 22.6 Å². The lowest BCUT2D eigenvalue weighted by Gasteiger charge is -2.36. The number of likely N-dealkylation sites (tertiary alicyclic amines) is 1. The maximum absolute atomic E-state index is 13.9. The summed E-state index contributed by atoms with van der Waals surface area (Å²) in [6.45, 7) is 5.83. The average Bonchev–Trinajstić information content (AvgIpc) is 3.04. The second-order valence-corrected chi connectivity index (χ2v) is 8.44. The largest absolute Gasteiger partial charge is 0.375 e. The Hall–Kier alpha value is -2.57. The minimum Gasteiger partial charge on any atom is -0.375 e. The van der Waals surface area contributed by atoms with Crippen molar-refractivity contribution in [2.45, 2.75) is 37.8 Å². The zero-order valence-corrected chi connectivity index (χ0v) is 17.5. The van der Waals surface area contributed by atoms with Gasteiger partial charge in [0, 0.05) is 42.3 Å². The van der Waals surface area contributed by atoms with E-state index in [9.17, 15) is 9.18 Å². The van der Waals surface area contributed by atoms with Gasteiger partial charge in [-0.3, -0.25) is 4.57 Å². The molecule has 0 radical (unpaired) electrons. The van der Waals surface area contributed by atoms with Gasteiger partial charge in [-0.2, -0.15) is 0 Å². The van der Waals surface area contributed by atoms with E-state index >= 15 is 0 Å². The molecule has 0 unspecified atom stereocenters. The number of rotatable bonds is 6. The molecule has 5 nitrogen and oxygen atoms in total. The summed E-state index contributed by atoms with van der Waals surface area (Å²) in [5.41, 5.74) is 9.41. The van der Waals surface area contributed by atoms with Crippen LogP contribution in [-0.4, -0.2) is 33.6 Å². The van der Waals surface area contributed by atoms with Crippen LogP contribution in [0.5, 0.6) is 0 Å². The molecule has 1 atom stereocenters. The smallest absolute Gasteiger partial charge is 0.326 e. The summed E-state index contributed by atoms with van der Waals surface area (Å²) < 4.78 is 15.7. The molecule has 0 saturated carbocycles. The molecule has 3 aromatic rings. The molecule has 1 aliphatic rings. The monoisotopic (exact) mass is 428 g/mol. The van der Waals surface area contributed by atoms with E-state index in [1.807, 2.05) is 22.8 Å². The summed E-state index contributed by atoms with van der Waals surface area (Å²) >= 11 is 6.04. The van der Waals surface area contributed by atoms with Gasteiger partial charge in [0.25, 0.3) is 0 Å². The maximum Gasteiger partial charge on any atom is 0.326 e. The fourth-order valence-electron chi connectivity index (χ4n) is 4.36. The molecule has 0 amide bonds. The van der Waals surface area contributed by atoms with Gasteiger partial charge in [-0.25, -0.2) is 9.18 Å². The molecule has 0 aliphatic carbocycles. The highest BCUT2D eigenvalue weighted by atomic mass is 35.5. The average molecular weight is 429 g/mol. The number of aromatic nitrogens is 2. The Morgan fingerprint density at radius 3 is 2.73 bits per heavy atom. The third-order valence-corrected chi connectivity index (χ3v) is 6.13. The number of imidazole rings is 1. The summed E-state index contributed by atoms with van der Waals surface area (Å²) in [6, 6.07) is 12.2. The minimum atomic E-state index is -0.218. The van der Waals surface area contributed by atoms with Crippen LogP contribution in [0, 0.1) is 5.82 Å². The third-order valence-electron chi connectivity index (χ3n) is 5.89. The SMILES string of the molecule is C=C(C[C@H](N)Cc1ccccc1F)N1CCC(n2c(=O)[nH]c3cc(Cl)ccc32)CC1. The molecule has 30 heavy (non-hydrogen) atoms. The van der Waals surface area contributed by atoms with Gasteiger partial charge in [-0.15, -0.1) is 0 Å². The Kier molecular flexibility index (Phi) is 5.97. The van der Waals surface area contributed by atoms with Crippen LogP contribution < -0.4 is 11.4 Å². The highest BCUT2D eigenvalue weighted by molar-refractivity contribution is 6.31. The fraction of sp³-hybridized carbons (Fsp3) is 0.348. The molecule has 1 fully saturated rings. The first-order valence-corrected chi connectivity index (χ1v) is 10.6. The van der Waals surface area contributed by atoms with Crippen LogP contribution in [0.25, 0.3) is 11.0 Å². The van der Waals surface area contributed by atoms with Crippen molar-refractivity contribution in [3.8, 4) is 0 Å². The number of nitrogens with one attached hydrogen (secondary N) is 1. The Morgan fingerprint density at radius 1 is 1.27 bits per heavy atom. The van der Waals surface area contributed by atoms with Crippen LogP contribution in [0.15, 0.2) is 59.5 Å². The van der Waals surface area contributed by atoms with Crippen molar-refractivity contribution in [2.24, 2.45) is 5.73 Å². The molecule has 0 bridgehead atoms. The quantitative estimate of drug-likeness (QED) is 0.617. The maximum atomic E-state index is 13.9. The molecule has 7 heteroatoms. The number of nitrogens with two attached hydrogens (primary N) is 1. The number of fused-ring (bicyclic) bond motifs is 1. The zero-order valence-electron chi connectivity index (χ0n) is 16.8. The standard InChI is InChI=1S/C23H26ClFN4O/c1-15(12-18(26)13-16-4-2-3-5-20(16)25)28-10-8-19(9-11-28)29-22-7-6-17(24)14-21(22)27-23(29)30/h2-7,14,18-19H,1,8-13,26H2,(H,27,30)/t18-/m0/s1. The first-order chi connectivity index (χ1) is 14.4. The molecular weight excluding hydrogens is 403 g/mol. The summed E-state index contributed by atoms with van der Waals surface area (Å²) in [6.07, 6.45) is 2.79. The number of piperidine rings is 1. The van der Waals surface area contributed by atoms with Crippen molar-refractivity contribution in [1.82, 2.24) is 14.5 Å². The molecule has 1 aromatic heterocycles. The van der Waals surface area contributed by atoms with E-state index in [2.05, 4.69) is 16.5 Å². The third kappa shape index (κ3) is 4.30. The molecule has 0 spiro atoms. The molecule has 158 valence electrons. The molecule has 4 rings (SSSR count). The van der Waals surface area contributed by atoms with Gasteiger partial charge in [-0.05, 0) is 49.1 Å². The normalized spacial score (nSPS) is 16.2. The van der Waals surface area contributed by atoms with E-state index in [4.69, 9.17) is 17.3 Å². The molecule has 1 saturated heterocycles. The Bertz CT molecular complexity index is 1110. The first kappa shape index (κ1) is 20.7.